The van der Waals surface area contributed by atoms with Gasteiger partial charge in [-0.25, -0.2) is 0 Å². The first kappa shape index (κ1) is 15.3. The van der Waals surface area contributed by atoms with Crippen molar-refractivity contribution in [1.29, 1.82) is 0 Å². The van der Waals surface area contributed by atoms with Crippen molar-refractivity contribution in [3.63, 3.8) is 0 Å². The molecule has 2 aromatic rings. The highest BCUT2D eigenvalue weighted by Crippen LogP contribution is 2.41. The van der Waals surface area contributed by atoms with Crippen LogP contribution in [0.15, 0.2) is 24.5 Å². The van der Waals surface area contributed by atoms with Crippen molar-refractivity contribution in [2.75, 3.05) is 25.1 Å². The van der Waals surface area contributed by atoms with Gasteiger partial charge in [-0.15, -0.1) is 0 Å². The number of anilines is 1. The second-order valence-corrected chi connectivity index (χ2v) is 5.59. The standard InChI is InChI=1S/C15H18N4O4/c1-17-8-10(7-16-17)12-5-14(19(21)22)15(23-2)6-13(12)18-4-3-11(20)9-18/h5-8,11,20H,3-4,9H2,1-2H3. The van der Waals surface area contributed by atoms with Gasteiger partial charge >= 0.3 is 5.69 Å². The Labute approximate surface area is 133 Å². The molecule has 0 radical (unpaired) electrons. The van der Waals surface area contributed by atoms with Gasteiger partial charge in [0.15, 0.2) is 5.75 Å². The molecule has 1 aromatic heterocycles. The summed E-state index contributed by atoms with van der Waals surface area (Å²) in [6, 6.07) is 3.17. The van der Waals surface area contributed by atoms with Gasteiger partial charge in [-0.05, 0) is 6.42 Å². The zero-order valence-corrected chi connectivity index (χ0v) is 13.0. The number of nitro groups is 1. The third-order valence-electron chi connectivity index (χ3n) is 4.01. The molecule has 0 bridgehead atoms. The molecule has 0 aliphatic carbocycles. The molecule has 1 unspecified atom stereocenters. The van der Waals surface area contributed by atoms with E-state index >= 15 is 0 Å². The molecule has 3 rings (SSSR count). The summed E-state index contributed by atoms with van der Waals surface area (Å²) in [4.78, 5) is 12.9. The Morgan fingerprint density at radius 3 is 2.78 bits per heavy atom. The van der Waals surface area contributed by atoms with Crippen LogP contribution in [0, 0.1) is 10.1 Å². The van der Waals surface area contributed by atoms with Gasteiger partial charge in [-0.1, -0.05) is 0 Å². The Hall–Kier alpha value is -2.61. The summed E-state index contributed by atoms with van der Waals surface area (Å²) >= 11 is 0. The molecule has 1 aliphatic heterocycles. The summed E-state index contributed by atoms with van der Waals surface area (Å²) in [5.41, 5.74) is 2.21. The number of ether oxygens (including phenoxy) is 1. The lowest BCUT2D eigenvalue weighted by Crippen LogP contribution is -2.22. The highest BCUT2D eigenvalue weighted by molar-refractivity contribution is 5.82. The molecule has 1 atom stereocenters. The van der Waals surface area contributed by atoms with Crippen molar-refractivity contribution in [2.24, 2.45) is 7.05 Å². The fourth-order valence-electron chi connectivity index (χ4n) is 2.88. The third kappa shape index (κ3) is 2.85. The van der Waals surface area contributed by atoms with Crippen LogP contribution in [0.2, 0.25) is 0 Å². The van der Waals surface area contributed by atoms with Gasteiger partial charge in [0.2, 0.25) is 0 Å². The summed E-state index contributed by atoms with van der Waals surface area (Å²) in [6.45, 7) is 1.18. The maximum atomic E-state index is 11.3. The lowest BCUT2D eigenvalue weighted by atomic mass is 10.0. The summed E-state index contributed by atoms with van der Waals surface area (Å²) < 4.78 is 6.82. The number of aliphatic hydroxyl groups is 1. The van der Waals surface area contributed by atoms with Crippen molar-refractivity contribution in [2.45, 2.75) is 12.5 Å². The van der Waals surface area contributed by atoms with Gasteiger partial charge in [-0.2, -0.15) is 5.10 Å². The lowest BCUT2D eigenvalue weighted by Gasteiger charge is -2.22. The molecule has 2 heterocycles. The number of methoxy groups -OCH3 is 1. The maximum Gasteiger partial charge on any atom is 0.311 e. The Morgan fingerprint density at radius 1 is 1.48 bits per heavy atom. The van der Waals surface area contributed by atoms with Crippen molar-refractivity contribution in [3.05, 3.63) is 34.6 Å². The van der Waals surface area contributed by atoms with E-state index in [0.29, 0.717) is 25.1 Å². The minimum absolute atomic E-state index is 0.0881. The average Bonchev–Trinajstić information content (AvgIpc) is 3.14. The van der Waals surface area contributed by atoms with Crippen molar-refractivity contribution < 1.29 is 14.8 Å². The highest BCUT2D eigenvalue weighted by atomic mass is 16.6. The first-order valence-electron chi connectivity index (χ1n) is 7.28. The SMILES string of the molecule is COc1cc(N2CCC(O)C2)c(-c2cnn(C)c2)cc1[N+](=O)[O-]. The van der Waals surface area contributed by atoms with Crippen LogP contribution < -0.4 is 9.64 Å². The maximum absolute atomic E-state index is 11.3. The third-order valence-corrected chi connectivity index (χ3v) is 4.01. The molecular weight excluding hydrogens is 300 g/mol. The molecule has 1 saturated heterocycles. The molecule has 0 saturated carbocycles. The molecule has 1 fully saturated rings. The van der Waals surface area contributed by atoms with E-state index in [1.807, 2.05) is 11.1 Å². The quantitative estimate of drug-likeness (QED) is 0.679. The second kappa shape index (κ2) is 5.88. The largest absolute Gasteiger partial charge is 0.490 e. The number of hydrogen-bond acceptors (Lipinski definition) is 6. The van der Waals surface area contributed by atoms with E-state index in [1.165, 1.54) is 13.2 Å². The highest BCUT2D eigenvalue weighted by Gasteiger charge is 2.27. The van der Waals surface area contributed by atoms with Crippen LogP contribution in [0.1, 0.15) is 6.42 Å². The van der Waals surface area contributed by atoms with Crippen molar-refractivity contribution >= 4 is 11.4 Å². The predicted octanol–water partition coefficient (Wildman–Crippen LogP) is 1.57. The summed E-state index contributed by atoms with van der Waals surface area (Å²) in [5.74, 6) is 0.207. The Kier molecular flexibility index (Phi) is 3.91. The number of hydrogen-bond donors (Lipinski definition) is 1. The van der Waals surface area contributed by atoms with E-state index in [1.54, 1.807) is 24.0 Å². The number of nitrogens with zero attached hydrogens (tertiary/aromatic N) is 4. The van der Waals surface area contributed by atoms with Gasteiger partial charge in [0.1, 0.15) is 0 Å². The fraction of sp³-hybridized carbons (Fsp3) is 0.400. The van der Waals surface area contributed by atoms with Gasteiger partial charge in [0.25, 0.3) is 0 Å². The monoisotopic (exact) mass is 318 g/mol. The fourth-order valence-corrected chi connectivity index (χ4v) is 2.88. The molecule has 1 N–H and O–H groups in total. The molecule has 23 heavy (non-hydrogen) atoms. The Bertz CT molecular complexity index is 743. The second-order valence-electron chi connectivity index (χ2n) is 5.59. The first-order valence-corrected chi connectivity index (χ1v) is 7.28. The Balaban J connectivity index is 2.17. The summed E-state index contributed by atoms with van der Waals surface area (Å²) in [7, 11) is 3.20. The zero-order chi connectivity index (χ0) is 16.6. The topological polar surface area (TPSA) is 93.7 Å². The van der Waals surface area contributed by atoms with Crippen LogP contribution in [0.5, 0.6) is 5.75 Å². The van der Waals surface area contributed by atoms with E-state index < -0.39 is 11.0 Å². The van der Waals surface area contributed by atoms with Crippen LogP contribution in [0.3, 0.4) is 0 Å². The van der Waals surface area contributed by atoms with Crippen molar-refractivity contribution in [1.82, 2.24) is 9.78 Å². The molecule has 122 valence electrons. The molecule has 8 heteroatoms. The molecule has 1 aliphatic rings. The smallest absolute Gasteiger partial charge is 0.311 e. The van der Waals surface area contributed by atoms with Gasteiger partial charge in [0, 0.05) is 55.3 Å². The average molecular weight is 318 g/mol. The van der Waals surface area contributed by atoms with Crippen LogP contribution in [-0.4, -0.2) is 46.1 Å². The number of β-amino-alcohol motifs (C(OH)–C–C–N with tert-alkyl or cyclic N) is 1. The number of aromatic nitrogens is 2. The lowest BCUT2D eigenvalue weighted by molar-refractivity contribution is -0.385. The van der Waals surface area contributed by atoms with Gasteiger partial charge in [0.05, 0.1) is 24.3 Å². The van der Waals surface area contributed by atoms with Crippen LogP contribution >= 0.6 is 0 Å². The van der Waals surface area contributed by atoms with Crippen LogP contribution in [-0.2, 0) is 7.05 Å². The van der Waals surface area contributed by atoms with Crippen molar-refractivity contribution in [3.8, 4) is 16.9 Å². The predicted molar refractivity (Wildman–Crippen MR) is 84.7 cm³/mol. The number of aryl methyl sites for hydroxylation is 1. The van der Waals surface area contributed by atoms with Gasteiger partial charge < -0.3 is 14.7 Å². The molecule has 0 spiro atoms. The zero-order valence-electron chi connectivity index (χ0n) is 13.0. The minimum Gasteiger partial charge on any atom is -0.490 e. The number of nitro benzene ring substituents is 1. The Morgan fingerprint density at radius 2 is 2.26 bits per heavy atom. The molecule has 0 amide bonds. The number of aliphatic hydroxyl groups excluding tert-OH is 1. The number of rotatable bonds is 4. The molecule has 1 aromatic carbocycles. The van der Waals surface area contributed by atoms with Crippen LogP contribution in [0.4, 0.5) is 11.4 Å². The summed E-state index contributed by atoms with van der Waals surface area (Å²) in [5, 5.41) is 25.2. The number of benzene rings is 1. The van der Waals surface area contributed by atoms with Gasteiger partial charge in [-0.3, -0.25) is 14.8 Å². The molecule has 8 nitrogen and oxygen atoms in total. The first-order chi connectivity index (χ1) is 11.0. The van der Waals surface area contributed by atoms with E-state index in [4.69, 9.17) is 4.74 Å². The van der Waals surface area contributed by atoms with E-state index in [0.717, 1.165) is 11.3 Å². The van der Waals surface area contributed by atoms with E-state index in [9.17, 15) is 15.2 Å². The summed E-state index contributed by atoms with van der Waals surface area (Å²) in [6.07, 6.45) is 3.76. The van der Waals surface area contributed by atoms with E-state index in [2.05, 4.69) is 5.10 Å². The van der Waals surface area contributed by atoms with Crippen LogP contribution in [0.25, 0.3) is 11.1 Å². The molecular formula is C15H18N4O4. The minimum atomic E-state index is -0.457. The normalized spacial score (nSPS) is 17.5. The van der Waals surface area contributed by atoms with E-state index in [-0.39, 0.29) is 11.4 Å².